The minimum atomic E-state index is -3.13. The second-order valence-electron chi connectivity index (χ2n) is 5.09. The molecule has 6 nitrogen and oxygen atoms in total. The second-order valence-corrected chi connectivity index (χ2v) is 7.71. The first kappa shape index (κ1) is 18.6. The van der Waals surface area contributed by atoms with Gasteiger partial charge in [-0.15, -0.1) is 0 Å². The van der Waals surface area contributed by atoms with E-state index in [1.54, 1.807) is 38.2 Å². The Morgan fingerprint density at radius 3 is 2.73 bits per heavy atom. The summed E-state index contributed by atoms with van der Waals surface area (Å²) >= 11 is 5.83. The molecule has 1 unspecified atom stereocenters. The molecule has 8 heteroatoms. The Kier molecular flexibility index (Phi) is 6.96. The number of carbonyl (C=O) groups excluding carboxylic acids is 1. The molecule has 0 aliphatic heterocycles. The van der Waals surface area contributed by atoms with E-state index in [1.807, 2.05) is 0 Å². The summed E-state index contributed by atoms with van der Waals surface area (Å²) in [5, 5.41) is 3.25. The van der Waals surface area contributed by atoms with Crippen LogP contribution in [0.2, 0.25) is 5.02 Å². The zero-order valence-corrected chi connectivity index (χ0v) is 14.4. The van der Waals surface area contributed by atoms with Crippen LogP contribution in [0.15, 0.2) is 24.3 Å². The van der Waals surface area contributed by atoms with Crippen molar-refractivity contribution in [2.45, 2.75) is 13.0 Å². The molecule has 0 aliphatic carbocycles. The molecule has 2 amide bonds. The van der Waals surface area contributed by atoms with Gasteiger partial charge in [0, 0.05) is 24.4 Å². The maximum absolute atomic E-state index is 11.9. The summed E-state index contributed by atoms with van der Waals surface area (Å²) in [4.78, 5) is 13.2. The molecule has 0 radical (unpaired) electrons. The molecule has 0 aliphatic rings. The lowest BCUT2D eigenvalue weighted by Crippen LogP contribution is -2.45. The molecule has 1 aromatic carbocycles. The van der Waals surface area contributed by atoms with Crippen molar-refractivity contribution in [1.82, 2.24) is 10.2 Å². The van der Waals surface area contributed by atoms with Crippen LogP contribution >= 0.6 is 11.6 Å². The van der Waals surface area contributed by atoms with Crippen LogP contribution in [0.25, 0.3) is 0 Å². The molecule has 0 heterocycles. The smallest absolute Gasteiger partial charge is 0.317 e. The molecule has 0 spiro atoms. The van der Waals surface area contributed by atoms with Crippen molar-refractivity contribution in [3.05, 3.63) is 29.3 Å². The monoisotopic (exact) mass is 348 g/mol. The Labute approximate surface area is 136 Å². The number of halogens is 1. The van der Waals surface area contributed by atoms with Gasteiger partial charge >= 0.3 is 6.03 Å². The molecular weight excluding hydrogens is 328 g/mol. The maximum atomic E-state index is 11.9. The Balaban J connectivity index is 2.33. The Bertz CT molecular complexity index is 607. The summed E-state index contributed by atoms with van der Waals surface area (Å²) in [5.74, 6) is 0.552. The summed E-state index contributed by atoms with van der Waals surface area (Å²) in [6.07, 6.45) is 1.15. The molecule has 0 bridgehead atoms. The van der Waals surface area contributed by atoms with E-state index in [0.29, 0.717) is 23.9 Å². The number of nitrogens with one attached hydrogen (secondary N) is 1. The molecule has 0 saturated heterocycles. The zero-order valence-electron chi connectivity index (χ0n) is 12.9. The highest BCUT2D eigenvalue weighted by Crippen LogP contribution is 2.16. The van der Waals surface area contributed by atoms with Gasteiger partial charge in [-0.3, -0.25) is 0 Å². The molecule has 1 atom stereocenters. The molecule has 0 aromatic heterocycles. The lowest BCUT2D eigenvalue weighted by Gasteiger charge is -2.24. The van der Waals surface area contributed by atoms with Gasteiger partial charge in [0.1, 0.15) is 22.2 Å². The quantitative estimate of drug-likeness (QED) is 0.762. The summed E-state index contributed by atoms with van der Waals surface area (Å²) < 4.78 is 27.9. The Morgan fingerprint density at radius 1 is 1.45 bits per heavy atom. The van der Waals surface area contributed by atoms with Gasteiger partial charge in [0.15, 0.2) is 0 Å². The molecule has 124 valence electrons. The average molecular weight is 349 g/mol. The van der Waals surface area contributed by atoms with Crippen LogP contribution in [-0.4, -0.2) is 57.6 Å². The van der Waals surface area contributed by atoms with Crippen LogP contribution in [0.3, 0.4) is 0 Å². The van der Waals surface area contributed by atoms with Gasteiger partial charge in [-0.25, -0.2) is 13.2 Å². The van der Waals surface area contributed by atoms with E-state index in [-0.39, 0.29) is 11.8 Å². The number of sulfone groups is 1. The number of carbonyl (C=O) groups is 1. The minimum Gasteiger partial charge on any atom is -0.492 e. The fourth-order valence-corrected chi connectivity index (χ4v) is 3.04. The molecule has 22 heavy (non-hydrogen) atoms. The highest BCUT2D eigenvalue weighted by atomic mass is 35.5. The third-order valence-electron chi connectivity index (χ3n) is 2.97. The van der Waals surface area contributed by atoms with E-state index < -0.39 is 15.9 Å². The first-order valence-electron chi connectivity index (χ1n) is 6.76. The fraction of sp³-hybridized carbons (Fsp3) is 0.500. The molecular formula is C14H21ClN2O4S. The van der Waals surface area contributed by atoms with Gasteiger partial charge in [-0.2, -0.15) is 0 Å². The number of amides is 2. The van der Waals surface area contributed by atoms with Gasteiger partial charge in [-0.05, 0) is 25.1 Å². The minimum absolute atomic E-state index is 0.0735. The molecule has 0 fully saturated rings. The van der Waals surface area contributed by atoms with E-state index in [9.17, 15) is 13.2 Å². The van der Waals surface area contributed by atoms with Crippen molar-refractivity contribution in [2.24, 2.45) is 0 Å². The van der Waals surface area contributed by atoms with Gasteiger partial charge in [0.2, 0.25) is 0 Å². The molecule has 0 saturated carbocycles. The summed E-state index contributed by atoms with van der Waals surface area (Å²) in [5.41, 5.74) is 0. The normalized spacial score (nSPS) is 12.5. The van der Waals surface area contributed by atoms with Crippen molar-refractivity contribution in [1.29, 1.82) is 0 Å². The predicted molar refractivity (Wildman–Crippen MR) is 87.3 cm³/mol. The van der Waals surface area contributed by atoms with E-state index >= 15 is 0 Å². The van der Waals surface area contributed by atoms with Crippen molar-refractivity contribution < 1.29 is 17.9 Å². The number of benzene rings is 1. The van der Waals surface area contributed by atoms with Crippen LogP contribution in [0.5, 0.6) is 5.75 Å². The Morgan fingerprint density at radius 2 is 2.14 bits per heavy atom. The molecule has 1 rings (SSSR count). The zero-order chi connectivity index (χ0) is 16.8. The topological polar surface area (TPSA) is 75.7 Å². The van der Waals surface area contributed by atoms with Crippen molar-refractivity contribution >= 4 is 27.5 Å². The summed E-state index contributed by atoms with van der Waals surface area (Å²) in [6, 6.07) is 6.23. The predicted octanol–water partition coefficient (Wildman–Crippen LogP) is 1.79. The van der Waals surface area contributed by atoms with Crippen LogP contribution in [-0.2, 0) is 9.84 Å². The van der Waals surface area contributed by atoms with Crippen LogP contribution in [0.4, 0.5) is 4.79 Å². The lowest BCUT2D eigenvalue weighted by atomic mass is 10.3. The Hall–Kier alpha value is -1.47. The lowest BCUT2D eigenvalue weighted by molar-refractivity contribution is 0.195. The first-order valence-corrected chi connectivity index (χ1v) is 9.19. The van der Waals surface area contributed by atoms with Crippen LogP contribution in [0.1, 0.15) is 6.92 Å². The van der Waals surface area contributed by atoms with E-state index in [1.165, 1.54) is 4.90 Å². The molecule has 1 N–H and O–H groups in total. The summed E-state index contributed by atoms with van der Waals surface area (Å²) in [7, 11) is -1.57. The average Bonchev–Trinajstić information content (AvgIpc) is 2.40. The largest absolute Gasteiger partial charge is 0.492 e. The number of rotatable bonds is 7. The third-order valence-corrected chi connectivity index (χ3v) is 4.29. The van der Waals surface area contributed by atoms with Crippen LogP contribution in [0, 0.1) is 0 Å². The van der Waals surface area contributed by atoms with Crippen molar-refractivity contribution in [2.75, 3.05) is 32.2 Å². The number of urea groups is 1. The highest BCUT2D eigenvalue weighted by molar-refractivity contribution is 7.90. The van der Waals surface area contributed by atoms with E-state index in [4.69, 9.17) is 16.3 Å². The highest BCUT2D eigenvalue weighted by Gasteiger charge is 2.19. The van der Waals surface area contributed by atoms with Gasteiger partial charge in [0.05, 0.1) is 12.3 Å². The third kappa shape index (κ3) is 7.00. The van der Waals surface area contributed by atoms with E-state index in [2.05, 4.69) is 5.32 Å². The molecule has 1 aromatic rings. The fourth-order valence-electron chi connectivity index (χ4n) is 1.76. The van der Waals surface area contributed by atoms with Crippen molar-refractivity contribution in [3.63, 3.8) is 0 Å². The number of hydrogen-bond acceptors (Lipinski definition) is 4. The van der Waals surface area contributed by atoms with Gasteiger partial charge in [0.25, 0.3) is 0 Å². The SMILES string of the molecule is CC(CS(C)(=O)=O)N(C)C(=O)NCCOc1cccc(Cl)c1. The maximum Gasteiger partial charge on any atom is 0.317 e. The summed E-state index contributed by atoms with van der Waals surface area (Å²) in [6.45, 7) is 2.28. The van der Waals surface area contributed by atoms with Gasteiger partial charge in [-0.1, -0.05) is 17.7 Å². The van der Waals surface area contributed by atoms with Crippen LogP contribution < -0.4 is 10.1 Å². The number of ether oxygens (including phenoxy) is 1. The number of nitrogens with zero attached hydrogens (tertiary/aromatic N) is 1. The van der Waals surface area contributed by atoms with Crippen molar-refractivity contribution in [3.8, 4) is 5.75 Å². The standard InChI is InChI=1S/C14H21ClN2O4S/c1-11(10-22(3,19)20)17(2)14(18)16-7-8-21-13-6-4-5-12(15)9-13/h4-6,9,11H,7-8,10H2,1-3H3,(H,16,18). The first-order chi connectivity index (χ1) is 10.2. The van der Waals surface area contributed by atoms with E-state index in [0.717, 1.165) is 6.26 Å². The van der Waals surface area contributed by atoms with Gasteiger partial charge < -0.3 is 15.0 Å². The second kappa shape index (κ2) is 8.24. The number of hydrogen-bond donors (Lipinski definition) is 1.